The molecule has 1 fully saturated rings. The molecule has 1 aromatic heterocycles. The zero-order valence-electron chi connectivity index (χ0n) is 10.8. The van der Waals surface area contributed by atoms with E-state index in [0.717, 1.165) is 6.61 Å². The molecule has 0 radical (unpaired) electrons. The van der Waals surface area contributed by atoms with Gasteiger partial charge in [0, 0.05) is 13.2 Å². The maximum absolute atomic E-state index is 11.0. The van der Waals surface area contributed by atoms with Crippen LogP contribution in [0.3, 0.4) is 0 Å². The third-order valence-corrected chi connectivity index (χ3v) is 2.85. The summed E-state index contributed by atoms with van der Waals surface area (Å²) in [5.41, 5.74) is 5.60. The van der Waals surface area contributed by atoms with Gasteiger partial charge in [-0.1, -0.05) is 0 Å². The zero-order valence-corrected chi connectivity index (χ0v) is 10.8. The first kappa shape index (κ1) is 13.5. The van der Waals surface area contributed by atoms with E-state index in [0.29, 0.717) is 19.1 Å². The van der Waals surface area contributed by atoms with Gasteiger partial charge in [-0.05, 0) is 25.7 Å². The highest BCUT2D eigenvalue weighted by Gasteiger charge is 2.22. The van der Waals surface area contributed by atoms with Crippen LogP contribution in [-0.4, -0.2) is 34.6 Å². The molecule has 1 saturated carbocycles. The summed E-state index contributed by atoms with van der Waals surface area (Å²) in [5, 5.41) is 13.8. The number of hydrogen-bond acceptors (Lipinski definition) is 7. The Morgan fingerprint density at radius 3 is 2.89 bits per heavy atom. The maximum atomic E-state index is 11.0. The SMILES string of the molecule is Cc1nc(N)nc(NCCOCC2CC2)c1[N+](=O)[O-]. The number of hydrogen-bond donors (Lipinski definition) is 2. The van der Waals surface area contributed by atoms with Gasteiger partial charge in [0.2, 0.25) is 11.8 Å². The third-order valence-electron chi connectivity index (χ3n) is 2.85. The van der Waals surface area contributed by atoms with Crippen LogP contribution in [0.15, 0.2) is 0 Å². The van der Waals surface area contributed by atoms with Crippen LogP contribution >= 0.6 is 0 Å². The van der Waals surface area contributed by atoms with Crippen LogP contribution < -0.4 is 11.1 Å². The van der Waals surface area contributed by atoms with E-state index in [1.165, 1.54) is 19.8 Å². The van der Waals surface area contributed by atoms with E-state index in [4.69, 9.17) is 10.5 Å². The van der Waals surface area contributed by atoms with Crippen molar-refractivity contribution in [3.05, 3.63) is 15.8 Å². The third kappa shape index (κ3) is 3.75. The van der Waals surface area contributed by atoms with Gasteiger partial charge in [-0.25, -0.2) is 4.98 Å². The van der Waals surface area contributed by atoms with Crippen LogP contribution in [0.4, 0.5) is 17.5 Å². The number of nitrogens with two attached hydrogens (primary N) is 1. The van der Waals surface area contributed by atoms with Crippen molar-refractivity contribution in [3.63, 3.8) is 0 Å². The molecule has 0 saturated heterocycles. The van der Waals surface area contributed by atoms with Gasteiger partial charge in [0.15, 0.2) is 0 Å². The monoisotopic (exact) mass is 267 g/mol. The summed E-state index contributed by atoms with van der Waals surface area (Å²) in [7, 11) is 0. The Morgan fingerprint density at radius 2 is 2.26 bits per heavy atom. The molecule has 8 heteroatoms. The lowest BCUT2D eigenvalue weighted by molar-refractivity contribution is -0.385. The smallest absolute Gasteiger partial charge is 0.332 e. The van der Waals surface area contributed by atoms with Crippen molar-refractivity contribution in [2.75, 3.05) is 30.8 Å². The predicted molar refractivity (Wildman–Crippen MR) is 69.9 cm³/mol. The highest BCUT2D eigenvalue weighted by Crippen LogP contribution is 2.28. The first-order chi connectivity index (χ1) is 9.08. The second-order valence-corrected chi connectivity index (χ2v) is 4.57. The van der Waals surface area contributed by atoms with Gasteiger partial charge >= 0.3 is 5.69 Å². The summed E-state index contributed by atoms with van der Waals surface area (Å²) in [4.78, 5) is 18.1. The summed E-state index contributed by atoms with van der Waals surface area (Å²) in [6.07, 6.45) is 2.47. The Labute approximate surface area is 110 Å². The number of anilines is 2. The van der Waals surface area contributed by atoms with Crippen molar-refractivity contribution in [2.24, 2.45) is 5.92 Å². The van der Waals surface area contributed by atoms with Crippen molar-refractivity contribution < 1.29 is 9.66 Å². The molecule has 19 heavy (non-hydrogen) atoms. The lowest BCUT2D eigenvalue weighted by Crippen LogP contribution is -2.14. The van der Waals surface area contributed by atoms with E-state index in [1.807, 2.05) is 0 Å². The normalized spacial score (nSPS) is 14.4. The Hall–Kier alpha value is -1.96. The topological polar surface area (TPSA) is 116 Å². The number of nitrogens with zero attached hydrogens (tertiary/aromatic N) is 3. The van der Waals surface area contributed by atoms with Crippen molar-refractivity contribution >= 4 is 17.5 Å². The average Bonchev–Trinajstić information content (AvgIpc) is 3.10. The van der Waals surface area contributed by atoms with Gasteiger partial charge in [0.05, 0.1) is 11.5 Å². The number of aryl methyl sites for hydroxylation is 1. The number of rotatable bonds is 7. The lowest BCUT2D eigenvalue weighted by atomic mass is 10.3. The van der Waals surface area contributed by atoms with E-state index in [-0.39, 0.29) is 23.1 Å². The largest absolute Gasteiger partial charge is 0.379 e. The van der Waals surface area contributed by atoms with E-state index < -0.39 is 4.92 Å². The summed E-state index contributed by atoms with van der Waals surface area (Å²) in [5.74, 6) is 0.862. The van der Waals surface area contributed by atoms with Gasteiger partial charge in [-0.2, -0.15) is 4.98 Å². The molecular formula is C11H17N5O3. The average molecular weight is 267 g/mol. The van der Waals surface area contributed by atoms with E-state index in [2.05, 4.69) is 15.3 Å². The molecule has 0 aromatic carbocycles. The minimum absolute atomic E-state index is 0.0181. The number of nitrogens with one attached hydrogen (secondary N) is 1. The minimum atomic E-state index is -0.512. The molecule has 0 aliphatic heterocycles. The standard InChI is InChI=1S/C11H17N5O3/c1-7-9(16(17)18)10(15-11(12)14-7)13-4-5-19-6-8-2-3-8/h8H,2-6H2,1H3,(H3,12,13,14,15). The summed E-state index contributed by atoms with van der Waals surface area (Å²) in [6, 6.07) is 0. The highest BCUT2D eigenvalue weighted by atomic mass is 16.6. The molecule has 0 atom stereocenters. The van der Waals surface area contributed by atoms with Gasteiger partial charge in [0.25, 0.3) is 0 Å². The molecule has 3 N–H and O–H groups in total. The predicted octanol–water partition coefficient (Wildman–Crippen LogP) is 1.11. The summed E-state index contributed by atoms with van der Waals surface area (Å²) in [6.45, 7) is 3.22. The Morgan fingerprint density at radius 1 is 1.53 bits per heavy atom. The highest BCUT2D eigenvalue weighted by molar-refractivity contribution is 5.60. The van der Waals surface area contributed by atoms with Crippen LogP contribution in [-0.2, 0) is 4.74 Å². The minimum Gasteiger partial charge on any atom is -0.379 e. The number of aromatic nitrogens is 2. The number of nitro groups is 1. The van der Waals surface area contributed by atoms with Crippen molar-refractivity contribution in [2.45, 2.75) is 19.8 Å². The Bertz CT molecular complexity index is 476. The van der Waals surface area contributed by atoms with Gasteiger partial charge in [0.1, 0.15) is 5.69 Å². The first-order valence-electron chi connectivity index (χ1n) is 6.18. The van der Waals surface area contributed by atoms with Gasteiger partial charge in [-0.3, -0.25) is 10.1 Å². The molecule has 104 valence electrons. The van der Waals surface area contributed by atoms with Crippen molar-refractivity contribution in [3.8, 4) is 0 Å². The van der Waals surface area contributed by atoms with Crippen molar-refractivity contribution in [1.82, 2.24) is 9.97 Å². The van der Waals surface area contributed by atoms with E-state index in [9.17, 15) is 10.1 Å². The van der Waals surface area contributed by atoms with Gasteiger partial charge in [-0.15, -0.1) is 0 Å². The Kier molecular flexibility index (Phi) is 4.10. The second kappa shape index (κ2) is 5.79. The quantitative estimate of drug-likeness (QED) is 0.432. The summed E-state index contributed by atoms with van der Waals surface area (Å²) < 4.78 is 5.43. The van der Waals surface area contributed by atoms with Gasteiger partial charge < -0.3 is 15.8 Å². The molecule has 0 bridgehead atoms. The Balaban J connectivity index is 1.91. The molecule has 1 heterocycles. The van der Waals surface area contributed by atoms with Crippen LogP contribution in [0, 0.1) is 23.0 Å². The molecule has 1 aromatic rings. The fourth-order valence-corrected chi connectivity index (χ4v) is 1.71. The molecule has 0 unspecified atom stereocenters. The van der Waals surface area contributed by atoms with E-state index >= 15 is 0 Å². The van der Waals surface area contributed by atoms with Crippen LogP contribution in [0.2, 0.25) is 0 Å². The van der Waals surface area contributed by atoms with E-state index in [1.54, 1.807) is 0 Å². The second-order valence-electron chi connectivity index (χ2n) is 4.57. The fraction of sp³-hybridized carbons (Fsp3) is 0.636. The van der Waals surface area contributed by atoms with Crippen LogP contribution in [0.5, 0.6) is 0 Å². The fourth-order valence-electron chi connectivity index (χ4n) is 1.71. The van der Waals surface area contributed by atoms with Crippen molar-refractivity contribution in [1.29, 1.82) is 0 Å². The molecule has 2 rings (SSSR count). The lowest BCUT2D eigenvalue weighted by Gasteiger charge is -2.08. The number of ether oxygens (including phenoxy) is 1. The summed E-state index contributed by atoms with van der Waals surface area (Å²) >= 11 is 0. The number of nitrogen functional groups attached to an aromatic ring is 1. The molecular weight excluding hydrogens is 250 g/mol. The maximum Gasteiger partial charge on any atom is 0.332 e. The van der Waals surface area contributed by atoms with Crippen LogP contribution in [0.25, 0.3) is 0 Å². The van der Waals surface area contributed by atoms with Crippen LogP contribution in [0.1, 0.15) is 18.5 Å². The zero-order chi connectivity index (χ0) is 13.8. The molecule has 1 aliphatic rings. The molecule has 1 aliphatic carbocycles. The molecule has 0 amide bonds. The molecule has 0 spiro atoms. The molecule has 8 nitrogen and oxygen atoms in total. The first-order valence-corrected chi connectivity index (χ1v) is 6.18.